The third-order valence-corrected chi connectivity index (χ3v) is 7.14. The average molecular weight is 506 g/mol. The zero-order valence-electron chi connectivity index (χ0n) is 22.2. The summed E-state index contributed by atoms with van der Waals surface area (Å²) in [5, 5.41) is 18.0. The molecule has 0 fully saturated rings. The van der Waals surface area contributed by atoms with Crippen LogP contribution in [-0.2, 0) is 29.2 Å². The zero-order valence-corrected chi connectivity index (χ0v) is 22.2. The van der Waals surface area contributed by atoms with Gasteiger partial charge in [0.15, 0.2) is 0 Å². The van der Waals surface area contributed by atoms with Crippen LogP contribution in [0.2, 0.25) is 0 Å². The van der Waals surface area contributed by atoms with E-state index in [0.717, 1.165) is 12.2 Å². The molecule has 0 saturated carbocycles. The van der Waals surface area contributed by atoms with Gasteiger partial charge in [0.05, 0.1) is 37.3 Å². The molecule has 2 aromatic carbocycles. The Labute approximate surface area is 219 Å². The number of aromatic nitrogens is 3. The summed E-state index contributed by atoms with van der Waals surface area (Å²) in [5.41, 5.74) is 4.57. The monoisotopic (exact) mass is 505 g/mol. The molecule has 0 saturated heterocycles. The number of aliphatic hydroxyl groups excluding tert-OH is 1. The number of rotatable bonds is 7. The first-order valence-electron chi connectivity index (χ1n) is 13.2. The number of aliphatic hydroxyl groups is 1. The van der Waals surface area contributed by atoms with Crippen molar-refractivity contribution in [1.82, 2.24) is 24.8 Å². The van der Waals surface area contributed by atoms with Crippen molar-refractivity contribution >= 4 is 5.91 Å². The van der Waals surface area contributed by atoms with Crippen LogP contribution in [-0.4, -0.2) is 74.7 Å². The summed E-state index contributed by atoms with van der Waals surface area (Å²) < 4.78 is 8.28. The number of carbonyl (C=O) groups excluding carboxylic acids is 1. The van der Waals surface area contributed by atoms with Gasteiger partial charge in [-0.15, -0.1) is 5.10 Å². The molecule has 4 rings (SSSR count). The van der Waals surface area contributed by atoms with Gasteiger partial charge in [-0.05, 0) is 37.1 Å². The van der Waals surface area contributed by atoms with Crippen LogP contribution in [0.5, 0.6) is 0 Å². The summed E-state index contributed by atoms with van der Waals surface area (Å²) in [4.78, 5) is 17.1. The van der Waals surface area contributed by atoms with Gasteiger partial charge in [0, 0.05) is 38.5 Å². The fraction of sp³-hybridized carbons (Fsp3) is 0.483. The van der Waals surface area contributed by atoms with E-state index in [1.807, 2.05) is 22.6 Å². The Balaban J connectivity index is 1.46. The molecule has 198 valence electrons. The molecule has 0 aliphatic carbocycles. The van der Waals surface area contributed by atoms with Crippen LogP contribution < -0.4 is 0 Å². The van der Waals surface area contributed by atoms with Crippen LogP contribution in [0.3, 0.4) is 0 Å². The fourth-order valence-electron chi connectivity index (χ4n) is 4.86. The van der Waals surface area contributed by atoms with Gasteiger partial charge in [-0.1, -0.05) is 66.7 Å². The van der Waals surface area contributed by atoms with Crippen LogP contribution in [0.25, 0.3) is 11.1 Å². The lowest BCUT2D eigenvalue weighted by molar-refractivity contribution is -0.136. The van der Waals surface area contributed by atoms with E-state index in [9.17, 15) is 9.90 Å². The highest BCUT2D eigenvalue weighted by atomic mass is 16.5. The third-order valence-electron chi connectivity index (χ3n) is 7.14. The fourth-order valence-corrected chi connectivity index (χ4v) is 4.86. The number of aryl methyl sites for hydroxylation is 1. The maximum absolute atomic E-state index is 13.0. The average Bonchev–Trinajstić information content (AvgIpc) is 3.36. The molecule has 3 aromatic rings. The van der Waals surface area contributed by atoms with Crippen molar-refractivity contribution in [2.75, 3.05) is 26.7 Å². The molecule has 0 unspecified atom stereocenters. The highest BCUT2D eigenvalue weighted by Gasteiger charge is 2.28. The highest BCUT2D eigenvalue weighted by molar-refractivity contribution is 5.76. The minimum absolute atomic E-state index is 0.0567. The summed E-state index contributed by atoms with van der Waals surface area (Å²) in [7, 11) is 2.10. The van der Waals surface area contributed by atoms with E-state index >= 15 is 0 Å². The van der Waals surface area contributed by atoms with Gasteiger partial charge in [-0.3, -0.25) is 9.69 Å². The SMILES string of the molecule is C[C@H]1CN([C@@H](C)CO)C(=O)CCCn2nncc2CO[C@@H]1CN(C)Cc1ccc(-c2ccccc2)cc1. The smallest absolute Gasteiger partial charge is 0.222 e. The van der Waals surface area contributed by atoms with Crippen LogP contribution in [0, 0.1) is 5.92 Å². The van der Waals surface area contributed by atoms with Gasteiger partial charge in [0.2, 0.25) is 5.91 Å². The lowest BCUT2D eigenvalue weighted by atomic mass is 10.0. The molecule has 37 heavy (non-hydrogen) atoms. The van der Waals surface area contributed by atoms with Gasteiger partial charge < -0.3 is 14.7 Å². The van der Waals surface area contributed by atoms with E-state index in [2.05, 4.69) is 77.7 Å². The minimum atomic E-state index is -0.235. The number of amides is 1. The van der Waals surface area contributed by atoms with Crippen LogP contribution in [0.1, 0.15) is 37.9 Å². The number of likely N-dealkylation sites (N-methyl/N-ethyl adjacent to an activating group) is 1. The summed E-state index contributed by atoms with van der Waals surface area (Å²) >= 11 is 0. The van der Waals surface area contributed by atoms with E-state index in [-0.39, 0.29) is 30.6 Å². The number of benzene rings is 2. The highest BCUT2D eigenvalue weighted by Crippen LogP contribution is 2.21. The summed E-state index contributed by atoms with van der Waals surface area (Å²) in [6.07, 6.45) is 2.72. The number of ether oxygens (including phenoxy) is 1. The van der Waals surface area contributed by atoms with E-state index in [1.54, 1.807) is 6.20 Å². The number of fused-ring (bicyclic) bond motifs is 1. The van der Waals surface area contributed by atoms with Crippen molar-refractivity contribution in [3.05, 3.63) is 72.1 Å². The van der Waals surface area contributed by atoms with Crippen molar-refractivity contribution in [2.45, 2.75) is 58.5 Å². The summed E-state index contributed by atoms with van der Waals surface area (Å²) in [6.45, 7) is 7.04. The molecular weight excluding hydrogens is 466 g/mol. The minimum Gasteiger partial charge on any atom is -0.394 e. The molecule has 1 aromatic heterocycles. The Morgan fingerprint density at radius 1 is 1.14 bits per heavy atom. The Morgan fingerprint density at radius 3 is 2.59 bits per heavy atom. The molecule has 1 amide bonds. The molecule has 1 aliphatic heterocycles. The molecule has 8 nitrogen and oxygen atoms in total. The second-order valence-electron chi connectivity index (χ2n) is 10.2. The predicted octanol–water partition coefficient (Wildman–Crippen LogP) is 3.60. The Hall–Kier alpha value is -3.07. The summed E-state index contributed by atoms with van der Waals surface area (Å²) in [6, 6.07) is 18.8. The van der Waals surface area contributed by atoms with Crippen LogP contribution in [0.4, 0.5) is 0 Å². The molecule has 1 aliphatic rings. The van der Waals surface area contributed by atoms with Crippen LogP contribution in [0.15, 0.2) is 60.8 Å². The van der Waals surface area contributed by atoms with E-state index < -0.39 is 0 Å². The number of nitrogens with zero attached hydrogens (tertiary/aromatic N) is 5. The van der Waals surface area contributed by atoms with Crippen molar-refractivity contribution in [1.29, 1.82) is 0 Å². The van der Waals surface area contributed by atoms with Crippen LogP contribution >= 0.6 is 0 Å². The molecule has 2 heterocycles. The second kappa shape index (κ2) is 12.9. The first kappa shape index (κ1) is 27.0. The number of hydrogen-bond acceptors (Lipinski definition) is 6. The predicted molar refractivity (Wildman–Crippen MR) is 143 cm³/mol. The van der Waals surface area contributed by atoms with Crippen molar-refractivity contribution < 1.29 is 14.6 Å². The molecule has 0 bridgehead atoms. The van der Waals surface area contributed by atoms with Gasteiger partial charge >= 0.3 is 0 Å². The number of hydrogen-bond donors (Lipinski definition) is 1. The quantitative estimate of drug-likeness (QED) is 0.528. The van der Waals surface area contributed by atoms with Gasteiger partial charge in [0.25, 0.3) is 0 Å². The maximum atomic E-state index is 13.0. The lowest BCUT2D eigenvalue weighted by Gasteiger charge is -2.35. The van der Waals surface area contributed by atoms with Crippen molar-refractivity contribution in [3.63, 3.8) is 0 Å². The second-order valence-corrected chi connectivity index (χ2v) is 10.2. The number of carbonyl (C=O) groups is 1. The third kappa shape index (κ3) is 7.25. The van der Waals surface area contributed by atoms with E-state index in [0.29, 0.717) is 39.1 Å². The van der Waals surface area contributed by atoms with Crippen molar-refractivity contribution in [2.24, 2.45) is 5.92 Å². The first-order valence-corrected chi connectivity index (χ1v) is 13.2. The maximum Gasteiger partial charge on any atom is 0.222 e. The van der Waals surface area contributed by atoms with Gasteiger partial charge in [0.1, 0.15) is 0 Å². The zero-order chi connectivity index (χ0) is 26.2. The van der Waals surface area contributed by atoms with Gasteiger partial charge in [-0.2, -0.15) is 0 Å². The van der Waals surface area contributed by atoms with Gasteiger partial charge in [-0.25, -0.2) is 4.68 Å². The van der Waals surface area contributed by atoms with E-state index in [1.165, 1.54) is 16.7 Å². The Morgan fingerprint density at radius 2 is 1.86 bits per heavy atom. The molecular formula is C29H39N5O3. The topological polar surface area (TPSA) is 83.7 Å². The molecule has 3 atom stereocenters. The molecule has 1 N–H and O–H groups in total. The Bertz CT molecular complexity index is 1120. The van der Waals surface area contributed by atoms with Crippen molar-refractivity contribution in [3.8, 4) is 11.1 Å². The Kier molecular flexibility index (Phi) is 9.44. The standard InChI is InChI=1S/C29H39N5O3/c1-22-17-33(23(2)20-35)29(36)10-7-15-34-27(16-30-31-34)21-37-28(22)19-32(3)18-24-11-13-26(14-12-24)25-8-5-4-6-9-25/h4-6,8-9,11-14,16,22-23,28,35H,7,10,15,17-21H2,1-3H3/t22-,23-,28+/m0/s1. The van der Waals surface area contributed by atoms with E-state index in [4.69, 9.17) is 4.74 Å². The normalized spacial score (nSPS) is 20.2. The lowest BCUT2D eigenvalue weighted by Crippen LogP contribution is -2.47. The molecule has 0 spiro atoms. The molecule has 0 radical (unpaired) electrons. The first-order chi connectivity index (χ1) is 17.9. The molecule has 8 heteroatoms. The summed E-state index contributed by atoms with van der Waals surface area (Å²) in [5.74, 6) is 0.130. The largest absolute Gasteiger partial charge is 0.394 e.